The number of fused-ring (bicyclic) bond motifs is 1. The zero-order valence-corrected chi connectivity index (χ0v) is 9.39. The van der Waals surface area contributed by atoms with Crippen LogP contribution in [-0.4, -0.2) is 13.7 Å². The smallest absolute Gasteiger partial charge is 0.186 e. The number of hydrogen-bond donors (Lipinski definition) is 1. The Kier molecular flexibility index (Phi) is 2.51. The van der Waals surface area contributed by atoms with Crippen molar-refractivity contribution in [3.63, 3.8) is 0 Å². The molecule has 88 valence electrons. The van der Waals surface area contributed by atoms with Crippen molar-refractivity contribution in [1.82, 2.24) is 0 Å². The molecule has 2 rings (SSSR count). The molecule has 3 nitrogen and oxygen atoms in total. The molecule has 16 heavy (non-hydrogen) atoms. The molecule has 2 unspecified atom stereocenters. The highest BCUT2D eigenvalue weighted by atomic mass is 32.2. The van der Waals surface area contributed by atoms with Gasteiger partial charge in [0.2, 0.25) is 0 Å². The van der Waals surface area contributed by atoms with Crippen LogP contribution >= 0.6 is 0 Å². The lowest BCUT2D eigenvalue weighted by Crippen LogP contribution is -2.25. The molecule has 0 bridgehead atoms. The predicted octanol–water partition coefficient (Wildman–Crippen LogP) is 1.53. The Morgan fingerprint density at radius 3 is 2.56 bits per heavy atom. The van der Waals surface area contributed by atoms with Crippen LogP contribution in [0, 0.1) is 11.6 Å². The fraction of sp³-hybridized carbons (Fsp3) is 0.400. The van der Waals surface area contributed by atoms with E-state index >= 15 is 0 Å². The molecule has 1 aromatic carbocycles. The van der Waals surface area contributed by atoms with Crippen molar-refractivity contribution < 1.29 is 17.2 Å². The van der Waals surface area contributed by atoms with E-state index < -0.39 is 37.7 Å². The number of sulfone groups is 1. The normalized spacial score (nSPS) is 26.8. The Hall–Kier alpha value is -1.01. The van der Waals surface area contributed by atoms with Gasteiger partial charge < -0.3 is 5.73 Å². The SMILES string of the molecule is CCC1C(N)c2cc(F)cc(F)c2S1(=O)=O. The summed E-state index contributed by atoms with van der Waals surface area (Å²) in [6, 6.07) is 0.715. The van der Waals surface area contributed by atoms with E-state index in [1.807, 2.05) is 0 Å². The van der Waals surface area contributed by atoms with Gasteiger partial charge in [-0.25, -0.2) is 17.2 Å². The van der Waals surface area contributed by atoms with Gasteiger partial charge in [0.05, 0.1) is 5.25 Å². The first kappa shape index (κ1) is 11.5. The topological polar surface area (TPSA) is 60.2 Å². The molecular formula is C10H11F2NO2S. The fourth-order valence-corrected chi connectivity index (χ4v) is 4.27. The van der Waals surface area contributed by atoms with Gasteiger partial charge in [-0.3, -0.25) is 0 Å². The second kappa shape index (κ2) is 3.49. The van der Waals surface area contributed by atoms with Crippen LogP contribution in [0.15, 0.2) is 17.0 Å². The Balaban J connectivity index is 2.77. The van der Waals surface area contributed by atoms with Crippen LogP contribution in [0.2, 0.25) is 0 Å². The molecule has 0 spiro atoms. The lowest BCUT2D eigenvalue weighted by atomic mass is 10.0. The summed E-state index contributed by atoms with van der Waals surface area (Å²) < 4.78 is 50.3. The van der Waals surface area contributed by atoms with E-state index in [4.69, 9.17) is 5.73 Å². The van der Waals surface area contributed by atoms with Crippen LogP contribution < -0.4 is 5.73 Å². The third-order valence-electron chi connectivity index (χ3n) is 2.88. The summed E-state index contributed by atoms with van der Waals surface area (Å²) in [5.74, 6) is -1.86. The van der Waals surface area contributed by atoms with Crippen LogP contribution in [0.3, 0.4) is 0 Å². The summed E-state index contributed by atoms with van der Waals surface area (Å²) in [6.45, 7) is 1.65. The minimum atomic E-state index is -3.76. The van der Waals surface area contributed by atoms with Crippen LogP contribution in [0.4, 0.5) is 8.78 Å². The number of rotatable bonds is 1. The maximum atomic E-state index is 13.5. The number of halogens is 2. The number of nitrogens with two attached hydrogens (primary N) is 1. The molecular weight excluding hydrogens is 236 g/mol. The van der Waals surface area contributed by atoms with Crippen molar-refractivity contribution in [2.75, 3.05) is 0 Å². The minimum absolute atomic E-state index is 0.0457. The molecule has 0 radical (unpaired) electrons. The summed E-state index contributed by atoms with van der Waals surface area (Å²) >= 11 is 0. The second-order valence-corrected chi connectivity index (χ2v) is 5.93. The Morgan fingerprint density at radius 2 is 2.00 bits per heavy atom. The van der Waals surface area contributed by atoms with Crippen molar-refractivity contribution in [1.29, 1.82) is 0 Å². The average Bonchev–Trinajstić information content (AvgIpc) is 2.33. The molecule has 1 heterocycles. The molecule has 0 saturated heterocycles. The summed E-state index contributed by atoms with van der Waals surface area (Å²) in [5, 5.41) is -0.862. The van der Waals surface area contributed by atoms with Gasteiger partial charge in [-0.1, -0.05) is 6.92 Å². The monoisotopic (exact) mass is 247 g/mol. The highest BCUT2D eigenvalue weighted by Gasteiger charge is 2.44. The average molecular weight is 247 g/mol. The largest absolute Gasteiger partial charge is 0.323 e. The van der Waals surface area contributed by atoms with Crippen molar-refractivity contribution in [3.05, 3.63) is 29.3 Å². The van der Waals surface area contributed by atoms with E-state index in [9.17, 15) is 17.2 Å². The third kappa shape index (κ3) is 1.36. The molecule has 6 heteroatoms. The van der Waals surface area contributed by atoms with Crippen LogP contribution in [0.25, 0.3) is 0 Å². The Morgan fingerprint density at radius 1 is 1.38 bits per heavy atom. The molecule has 0 aromatic heterocycles. The lowest BCUT2D eigenvalue weighted by molar-refractivity contribution is 0.549. The Bertz CT molecular complexity index is 542. The molecule has 1 aliphatic rings. The van der Waals surface area contributed by atoms with Gasteiger partial charge in [0.25, 0.3) is 0 Å². The van der Waals surface area contributed by atoms with Gasteiger partial charge in [0.15, 0.2) is 9.84 Å². The fourth-order valence-electron chi connectivity index (χ4n) is 2.15. The van der Waals surface area contributed by atoms with Crippen molar-refractivity contribution in [2.45, 2.75) is 29.5 Å². The first-order chi connectivity index (χ1) is 7.39. The van der Waals surface area contributed by atoms with Gasteiger partial charge in [-0.15, -0.1) is 0 Å². The number of hydrogen-bond acceptors (Lipinski definition) is 3. The van der Waals surface area contributed by atoms with E-state index in [-0.39, 0.29) is 12.0 Å². The third-order valence-corrected chi connectivity index (χ3v) is 5.31. The Labute approximate surface area is 92.2 Å². The molecule has 0 amide bonds. The van der Waals surface area contributed by atoms with E-state index in [1.54, 1.807) is 6.92 Å². The molecule has 0 saturated carbocycles. The molecule has 2 N–H and O–H groups in total. The maximum Gasteiger partial charge on any atom is 0.186 e. The van der Waals surface area contributed by atoms with Crippen molar-refractivity contribution in [3.8, 4) is 0 Å². The highest BCUT2D eigenvalue weighted by Crippen LogP contribution is 2.40. The summed E-state index contributed by atoms with van der Waals surface area (Å²) in [5.41, 5.74) is 5.75. The molecule has 0 fully saturated rings. The lowest BCUT2D eigenvalue weighted by Gasteiger charge is -2.11. The standard InChI is InChI=1S/C10H11F2NO2S/c1-2-8-9(13)6-3-5(11)4-7(12)10(6)16(8,14)15/h3-4,8-9H,2,13H2,1H3. The van der Waals surface area contributed by atoms with Crippen LogP contribution in [-0.2, 0) is 9.84 Å². The number of benzene rings is 1. The van der Waals surface area contributed by atoms with Crippen LogP contribution in [0.1, 0.15) is 24.9 Å². The van der Waals surface area contributed by atoms with Gasteiger partial charge in [-0.05, 0) is 18.1 Å². The van der Waals surface area contributed by atoms with Crippen molar-refractivity contribution >= 4 is 9.84 Å². The van der Waals surface area contributed by atoms with Gasteiger partial charge >= 0.3 is 0 Å². The second-order valence-electron chi connectivity index (χ2n) is 3.82. The van der Waals surface area contributed by atoms with Gasteiger partial charge in [0, 0.05) is 12.1 Å². The zero-order chi connectivity index (χ0) is 12.1. The van der Waals surface area contributed by atoms with E-state index in [2.05, 4.69) is 0 Å². The van der Waals surface area contributed by atoms with Crippen molar-refractivity contribution in [2.24, 2.45) is 5.73 Å². The first-order valence-electron chi connectivity index (χ1n) is 4.88. The molecule has 1 aliphatic heterocycles. The summed E-state index contributed by atoms with van der Waals surface area (Å²) in [6.07, 6.45) is 0.277. The molecule has 2 atom stereocenters. The van der Waals surface area contributed by atoms with E-state index in [0.29, 0.717) is 6.07 Å². The summed E-state index contributed by atoms with van der Waals surface area (Å²) in [4.78, 5) is -0.437. The minimum Gasteiger partial charge on any atom is -0.323 e. The first-order valence-corrected chi connectivity index (χ1v) is 6.42. The van der Waals surface area contributed by atoms with E-state index in [0.717, 1.165) is 6.07 Å². The maximum absolute atomic E-state index is 13.5. The van der Waals surface area contributed by atoms with Gasteiger partial charge in [-0.2, -0.15) is 0 Å². The molecule has 0 aliphatic carbocycles. The highest BCUT2D eigenvalue weighted by molar-refractivity contribution is 7.92. The zero-order valence-electron chi connectivity index (χ0n) is 8.57. The van der Waals surface area contributed by atoms with Crippen LogP contribution in [0.5, 0.6) is 0 Å². The van der Waals surface area contributed by atoms with Gasteiger partial charge in [0.1, 0.15) is 16.5 Å². The molecule has 1 aromatic rings. The quantitative estimate of drug-likeness (QED) is 0.765. The predicted molar refractivity (Wildman–Crippen MR) is 54.6 cm³/mol. The summed E-state index contributed by atoms with van der Waals surface area (Å²) in [7, 11) is -3.76. The van der Waals surface area contributed by atoms with E-state index in [1.165, 1.54) is 0 Å².